The number of carbonyl (C=O) groups is 1. The highest BCUT2D eigenvalue weighted by Gasteiger charge is 2.19. The van der Waals surface area contributed by atoms with Crippen molar-refractivity contribution < 1.29 is 9.53 Å². The van der Waals surface area contributed by atoms with E-state index in [1.54, 1.807) is 13.0 Å². The molecule has 4 nitrogen and oxygen atoms in total. The van der Waals surface area contributed by atoms with Crippen LogP contribution in [0.3, 0.4) is 0 Å². The van der Waals surface area contributed by atoms with Crippen LogP contribution in [0.15, 0.2) is 18.2 Å². The van der Waals surface area contributed by atoms with Crippen LogP contribution in [0.5, 0.6) is 5.75 Å². The average Bonchev–Trinajstić information content (AvgIpc) is 2.47. The lowest BCUT2D eigenvalue weighted by atomic mass is 10.2. The van der Waals surface area contributed by atoms with Gasteiger partial charge in [0.05, 0.1) is 5.02 Å². The summed E-state index contributed by atoms with van der Waals surface area (Å²) in [5.41, 5.74) is 0.951. The van der Waals surface area contributed by atoms with Crippen LogP contribution in [0.25, 0.3) is 0 Å². The van der Waals surface area contributed by atoms with E-state index in [1.165, 1.54) is 0 Å². The van der Waals surface area contributed by atoms with Crippen molar-refractivity contribution in [3.8, 4) is 5.75 Å². The number of rotatable bonds is 8. The Hall–Kier alpha value is -1.26. The predicted octanol–water partition coefficient (Wildman–Crippen LogP) is 3.13. The maximum Gasteiger partial charge on any atom is 0.260 e. The molecule has 0 saturated carbocycles. The Morgan fingerprint density at radius 3 is 2.67 bits per heavy atom. The van der Waals surface area contributed by atoms with E-state index in [9.17, 15) is 4.79 Å². The van der Waals surface area contributed by atoms with E-state index >= 15 is 0 Å². The molecule has 1 amide bonds. The third-order valence-corrected chi connectivity index (χ3v) is 3.58. The van der Waals surface area contributed by atoms with Crippen molar-refractivity contribution >= 4 is 17.5 Å². The van der Waals surface area contributed by atoms with Crippen molar-refractivity contribution in [2.24, 2.45) is 0 Å². The molecular weight excluding hydrogens is 288 g/mol. The smallest absolute Gasteiger partial charge is 0.260 e. The van der Waals surface area contributed by atoms with Crippen molar-refractivity contribution in [2.45, 2.75) is 52.8 Å². The molecule has 21 heavy (non-hydrogen) atoms. The van der Waals surface area contributed by atoms with Gasteiger partial charge in [-0.3, -0.25) is 4.79 Å². The molecule has 1 rings (SSSR count). The van der Waals surface area contributed by atoms with Gasteiger partial charge in [-0.25, -0.2) is 0 Å². The summed E-state index contributed by atoms with van der Waals surface area (Å²) >= 11 is 6.21. The number of hydrogen-bond acceptors (Lipinski definition) is 3. The van der Waals surface area contributed by atoms with Crippen molar-refractivity contribution in [3.63, 3.8) is 0 Å². The summed E-state index contributed by atoms with van der Waals surface area (Å²) in [6.07, 6.45) is 0.301. The minimum Gasteiger partial charge on any atom is -0.479 e. The SMILES string of the molecule is CCNCc1cccc(Cl)c1OC(C)C(=O)NC(C)CC. The fourth-order valence-electron chi connectivity index (χ4n) is 1.78. The Kier molecular flexibility index (Phi) is 7.54. The Morgan fingerprint density at radius 2 is 2.05 bits per heavy atom. The van der Waals surface area contributed by atoms with Gasteiger partial charge in [0.2, 0.25) is 0 Å². The van der Waals surface area contributed by atoms with Gasteiger partial charge < -0.3 is 15.4 Å². The first-order chi connectivity index (χ1) is 9.99. The molecule has 0 aliphatic carbocycles. The van der Waals surface area contributed by atoms with E-state index in [0.717, 1.165) is 18.5 Å². The fraction of sp³-hybridized carbons (Fsp3) is 0.562. The topological polar surface area (TPSA) is 50.4 Å². The summed E-state index contributed by atoms with van der Waals surface area (Å²) < 4.78 is 5.80. The molecule has 1 aromatic carbocycles. The fourth-order valence-corrected chi connectivity index (χ4v) is 2.02. The molecule has 0 heterocycles. The van der Waals surface area contributed by atoms with Crippen molar-refractivity contribution in [2.75, 3.05) is 6.54 Å². The minimum atomic E-state index is -0.584. The van der Waals surface area contributed by atoms with E-state index in [0.29, 0.717) is 17.3 Å². The second-order valence-corrected chi connectivity index (χ2v) is 5.49. The molecule has 0 aliphatic heterocycles. The summed E-state index contributed by atoms with van der Waals surface area (Å²) in [5.74, 6) is 0.450. The van der Waals surface area contributed by atoms with Crippen LogP contribution in [0.2, 0.25) is 5.02 Å². The van der Waals surface area contributed by atoms with Crippen LogP contribution in [-0.2, 0) is 11.3 Å². The Morgan fingerprint density at radius 1 is 1.33 bits per heavy atom. The lowest BCUT2D eigenvalue weighted by Gasteiger charge is -2.20. The van der Waals surface area contributed by atoms with E-state index < -0.39 is 6.10 Å². The highest BCUT2D eigenvalue weighted by atomic mass is 35.5. The van der Waals surface area contributed by atoms with Gasteiger partial charge in [-0.15, -0.1) is 0 Å². The molecule has 0 radical (unpaired) electrons. The van der Waals surface area contributed by atoms with Crippen molar-refractivity contribution in [3.05, 3.63) is 28.8 Å². The number of ether oxygens (including phenoxy) is 1. The first kappa shape index (κ1) is 17.8. The largest absolute Gasteiger partial charge is 0.479 e. The molecular formula is C16H25ClN2O2. The summed E-state index contributed by atoms with van der Waals surface area (Å²) in [4.78, 5) is 12.1. The normalized spacial score (nSPS) is 13.6. The van der Waals surface area contributed by atoms with Crippen LogP contribution in [0, 0.1) is 0 Å². The monoisotopic (exact) mass is 312 g/mol. The third kappa shape index (κ3) is 5.56. The van der Waals surface area contributed by atoms with Crippen LogP contribution >= 0.6 is 11.6 Å². The zero-order valence-electron chi connectivity index (χ0n) is 13.2. The predicted molar refractivity (Wildman–Crippen MR) is 86.8 cm³/mol. The molecule has 5 heteroatoms. The molecule has 0 aliphatic rings. The first-order valence-corrected chi connectivity index (χ1v) is 7.82. The van der Waals surface area contributed by atoms with E-state index in [-0.39, 0.29) is 11.9 Å². The van der Waals surface area contributed by atoms with Crippen LogP contribution in [0.1, 0.15) is 39.7 Å². The van der Waals surface area contributed by atoms with Gasteiger partial charge >= 0.3 is 0 Å². The molecule has 0 fully saturated rings. The number of hydrogen-bond donors (Lipinski definition) is 2. The number of benzene rings is 1. The lowest BCUT2D eigenvalue weighted by Crippen LogP contribution is -2.41. The van der Waals surface area contributed by atoms with Crippen molar-refractivity contribution in [1.82, 2.24) is 10.6 Å². The van der Waals surface area contributed by atoms with Crippen molar-refractivity contribution in [1.29, 1.82) is 0 Å². The summed E-state index contributed by atoms with van der Waals surface area (Å²) in [7, 11) is 0. The summed E-state index contributed by atoms with van der Waals surface area (Å²) in [6.45, 7) is 9.28. The highest BCUT2D eigenvalue weighted by molar-refractivity contribution is 6.32. The van der Waals surface area contributed by atoms with Gasteiger partial charge in [-0.1, -0.05) is 37.6 Å². The molecule has 1 aromatic rings. The highest BCUT2D eigenvalue weighted by Crippen LogP contribution is 2.29. The molecule has 0 spiro atoms. The van der Waals surface area contributed by atoms with E-state index in [4.69, 9.17) is 16.3 Å². The number of halogens is 1. The second kappa shape index (κ2) is 8.90. The Balaban J connectivity index is 2.78. The third-order valence-electron chi connectivity index (χ3n) is 3.28. The average molecular weight is 313 g/mol. The Bertz CT molecular complexity index is 466. The van der Waals surface area contributed by atoms with Gasteiger partial charge in [0.15, 0.2) is 6.10 Å². The van der Waals surface area contributed by atoms with Gasteiger partial charge in [-0.05, 0) is 32.9 Å². The summed E-state index contributed by atoms with van der Waals surface area (Å²) in [6, 6.07) is 5.73. The van der Waals surface area contributed by atoms with Gasteiger partial charge in [0.1, 0.15) is 5.75 Å². The molecule has 2 N–H and O–H groups in total. The number of para-hydroxylation sites is 1. The second-order valence-electron chi connectivity index (χ2n) is 5.09. The van der Waals surface area contributed by atoms with E-state index in [2.05, 4.69) is 10.6 Å². The Labute approximate surface area is 132 Å². The molecule has 0 aromatic heterocycles. The van der Waals surface area contributed by atoms with Gasteiger partial charge in [0, 0.05) is 18.2 Å². The van der Waals surface area contributed by atoms with Gasteiger partial charge in [-0.2, -0.15) is 0 Å². The molecule has 118 valence electrons. The zero-order chi connectivity index (χ0) is 15.8. The molecule has 2 unspecified atom stereocenters. The zero-order valence-corrected chi connectivity index (χ0v) is 14.0. The molecule has 0 bridgehead atoms. The lowest BCUT2D eigenvalue weighted by molar-refractivity contribution is -0.127. The maximum atomic E-state index is 12.1. The maximum absolute atomic E-state index is 12.1. The standard InChI is InChI=1S/C16H25ClN2O2/c1-5-11(3)19-16(20)12(4)21-15-13(10-18-6-2)8-7-9-14(15)17/h7-9,11-12,18H,5-6,10H2,1-4H3,(H,19,20). The summed E-state index contributed by atoms with van der Waals surface area (Å²) in [5, 5.41) is 6.67. The first-order valence-electron chi connectivity index (χ1n) is 7.44. The van der Waals surface area contributed by atoms with Crippen LogP contribution < -0.4 is 15.4 Å². The minimum absolute atomic E-state index is 0.126. The number of nitrogens with one attached hydrogen (secondary N) is 2. The number of carbonyl (C=O) groups excluding carboxylic acids is 1. The van der Waals surface area contributed by atoms with Crippen LogP contribution in [-0.4, -0.2) is 24.6 Å². The molecule has 2 atom stereocenters. The van der Waals surface area contributed by atoms with Crippen LogP contribution in [0.4, 0.5) is 0 Å². The molecule has 0 saturated heterocycles. The van der Waals surface area contributed by atoms with E-state index in [1.807, 2.05) is 32.9 Å². The quantitative estimate of drug-likeness (QED) is 0.775. The van der Waals surface area contributed by atoms with Gasteiger partial charge in [0.25, 0.3) is 5.91 Å². The number of amides is 1.